The second-order valence-electron chi connectivity index (χ2n) is 9.85. The summed E-state index contributed by atoms with van der Waals surface area (Å²) in [5, 5.41) is 10.8. The molecule has 1 aliphatic carbocycles. The van der Waals surface area contributed by atoms with Crippen molar-refractivity contribution in [2.24, 2.45) is 0 Å². The normalized spacial score (nSPS) is 18.0. The minimum atomic E-state index is -0.272. The lowest BCUT2D eigenvalue weighted by molar-refractivity contribution is 0.198. The quantitative estimate of drug-likeness (QED) is 0.385. The van der Waals surface area contributed by atoms with Crippen molar-refractivity contribution in [3.8, 4) is 22.6 Å². The van der Waals surface area contributed by atoms with Gasteiger partial charge in [-0.1, -0.05) is 30.3 Å². The zero-order valence-electron chi connectivity index (χ0n) is 20.8. The van der Waals surface area contributed by atoms with Crippen molar-refractivity contribution >= 4 is 5.57 Å². The molecule has 3 nitrogen and oxygen atoms in total. The van der Waals surface area contributed by atoms with Crippen LogP contribution in [-0.2, 0) is 6.42 Å². The first-order valence-electron chi connectivity index (χ1n) is 12.9. The first-order valence-corrected chi connectivity index (χ1v) is 12.9. The number of ether oxygens (including phenoxy) is 1. The van der Waals surface area contributed by atoms with E-state index in [1.807, 2.05) is 25.1 Å². The summed E-state index contributed by atoms with van der Waals surface area (Å²) in [6, 6.07) is 16.7. The number of rotatable bonds is 7. The van der Waals surface area contributed by atoms with Gasteiger partial charge in [0, 0.05) is 25.2 Å². The summed E-state index contributed by atoms with van der Waals surface area (Å²) in [7, 11) is 0. The molecule has 1 saturated heterocycles. The van der Waals surface area contributed by atoms with E-state index in [4.69, 9.17) is 4.74 Å². The zero-order valence-corrected chi connectivity index (χ0v) is 20.8. The topological polar surface area (TPSA) is 32.7 Å². The lowest BCUT2D eigenvalue weighted by atomic mass is 9.86. The molecule has 0 bridgehead atoms. The van der Waals surface area contributed by atoms with Gasteiger partial charge in [-0.2, -0.15) is 0 Å². The van der Waals surface area contributed by atoms with E-state index < -0.39 is 0 Å². The molecule has 0 spiro atoms. The number of aromatic hydroxyl groups is 1. The molecule has 0 aromatic heterocycles. The molecule has 1 atom stereocenters. The van der Waals surface area contributed by atoms with Crippen molar-refractivity contribution < 1.29 is 18.6 Å². The summed E-state index contributed by atoms with van der Waals surface area (Å²) in [6.07, 6.45) is 6.73. The Balaban J connectivity index is 1.40. The van der Waals surface area contributed by atoms with Crippen molar-refractivity contribution in [3.05, 3.63) is 88.7 Å². The summed E-state index contributed by atoms with van der Waals surface area (Å²) in [6.45, 7) is 4.20. The Labute approximate surface area is 212 Å². The first kappa shape index (κ1) is 24.5. The summed E-state index contributed by atoms with van der Waals surface area (Å²) in [5.41, 5.74) is 6.95. The van der Waals surface area contributed by atoms with Gasteiger partial charge in [-0.3, -0.25) is 9.29 Å². The third-order valence-electron chi connectivity index (χ3n) is 7.32. The molecule has 3 aromatic carbocycles. The van der Waals surface area contributed by atoms with Crippen LogP contribution in [0.3, 0.4) is 0 Å². The van der Waals surface area contributed by atoms with Crippen molar-refractivity contribution in [2.75, 3.05) is 26.3 Å². The maximum Gasteiger partial charge on any atom is 0.123 e. The Morgan fingerprint density at radius 3 is 2.64 bits per heavy atom. The molecular weight excluding hydrogens is 456 g/mol. The molecule has 5 heteroatoms. The maximum absolute atomic E-state index is 13.8. The lowest BCUT2D eigenvalue weighted by Gasteiger charge is -2.19. The Morgan fingerprint density at radius 2 is 1.86 bits per heavy atom. The van der Waals surface area contributed by atoms with Gasteiger partial charge in [-0.05, 0) is 103 Å². The Bertz CT molecular complexity index is 1250. The van der Waals surface area contributed by atoms with Crippen LogP contribution in [0.5, 0.6) is 11.5 Å². The van der Waals surface area contributed by atoms with Crippen molar-refractivity contribution in [1.82, 2.24) is 4.90 Å². The Hall–Kier alpha value is -3.18. The predicted octanol–water partition coefficient (Wildman–Crippen LogP) is 7.09. The maximum atomic E-state index is 13.8. The monoisotopic (exact) mass is 489 g/mol. The summed E-state index contributed by atoms with van der Waals surface area (Å²) in [4.78, 5) is 2.27. The molecule has 36 heavy (non-hydrogen) atoms. The smallest absolute Gasteiger partial charge is 0.123 e. The van der Waals surface area contributed by atoms with Crippen molar-refractivity contribution in [1.29, 1.82) is 0 Å². The molecule has 5 rings (SSSR count). The third kappa shape index (κ3) is 5.17. The number of nitrogens with zero attached hydrogens (tertiary/aromatic N) is 1. The van der Waals surface area contributed by atoms with Gasteiger partial charge in [-0.15, -0.1) is 0 Å². The van der Waals surface area contributed by atoms with Gasteiger partial charge < -0.3 is 9.84 Å². The van der Waals surface area contributed by atoms with Crippen LogP contribution in [0.25, 0.3) is 16.7 Å². The zero-order chi connectivity index (χ0) is 25.1. The van der Waals surface area contributed by atoms with Crippen LogP contribution in [-0.4, -0.2) is 42.4 Å². The number of hydrogen-bond donors (Lipinski definition) is 1. The van der Waals surface area contributed by atoms with Crippen LogP contribution in [0.1, 0.15) is 47.9 Å². The highest BCUT2D eigenvalue weighted by Crippen LogP contribution is 2.42. The minimum Gasteiger partial charge on any atom is -0.507 e. The van der Waals surface area contributed by atoms with Crippen molar-refractivity contribution in [2.45, 2.75) is 45.1 Å². The number of aryl methyl sites for hydroxylation is 1. The first-order chi connectivity index (χ1) is 17.5. The number of hydrogen-bond acceptors (Lipinski definition) is 3. The number of fused-ring (bicyclic) bond motifs is 1. The standard InChI is InChI=1S/C31H33F2NO2/c1-21-19-23(33)9-12-26(21)31-29-6-3-2-5-27(28(29)13-14-30(31)35)22-7-10-24(11-8-22)36-25-15-18-34(20-25)17-4-16-32/h5,7-14,19,25,35H,2-4,6,15-18,20H2,1H3/t25-/m0/s1. The molecule has 0 amide bonds. The van der Waals surface area contributed by atoms with Crippen molar-refractivity contribution in [3.63, 3.8) is 0 Å². The van der Waals surface area contributed by atoms with Gasteiger partial charge in [0.05, 0.1) is 6.67 Å². The lowest BCUT2D eigenvalue weighted by Crippen LogP contribution is -2.26. The SMILES string of the molecule is Cc1cc(F)ccc1-c1c(O)ccc2c1CCCC=C2c1ccc(O[C@H]2CCN(CCCF)C2)cc1. The van der Waals surface area contributed by atoms with E-state index in [1.165, 1.54) is 12.1 Å². The largest absolute Gasteiger partial charge is 0.507 e. The highest BCUT2D eigenvalue weighted by molar-refractivity contribution is 5.88. The van der Waals surface area contributed by atoms with E-state index >= 15 is 0 Å². The van der Waals surface area contributed by atoms with Gasteiger partial charge >= 0.3 is 0 Å². The number of benzene rings is 3. The van der Waals surface area contributed by atoms with E-state index in [-0.39, 0.29) is 24.3 Å². The van der Waals surface area contributed by atoms with Gasteiger partial charge in [-0.25, -0.2) is 4.39 Å². The van der Waals surface area contributed by atoms with E-state index in [0.29, 0.717) is 6.42 Å². The molecule has 1 aliphatic heterocycles. The van der Waals surface area contributed by atoms with Crippen LogP contribution in [0, 0.1) is 12.7 Å². The fourth-order valence-electron chi connectivity index (χ4n) is 5.55. The van der Waals surface area contributed by atoms with Gasteiger partial charge in [0.25, 0.3) is 0 Å². The number of phenols is 1. The number of alkyl halides is 1. The van der Waals surface area contributed by atoms with Crippen LogP contribution in [0.15, 0.2) is 60.7 Å². The van der Waals surface area contributed by atoms with Crippen LogP contribution in [0.2, 0.25) is 0 Å². The highest BCUT2D eigenvalue weighted by atomic mass is 19.1. The van der Waals surface area contributed by atoms with Crippen LogP contribution < -0.4 is 4.74 Å². The predicted molar refractivity (Wildman–Crippen MR) is 141 cm³/mol. The molecule has 1 heterocycles. The summed E-state index contributed by atoms with van der Waals surface area (Å²) in [5.74, 6) is 0.801. The number of allylic oxidation sites excluding steroid dienone is 1. The Kier molecular flexibility index (Phi) is 7.38. The number of halogens is 2. The molecule has 0 unspecified atom stereocenters. The molecule has 188 valence electrons. The molecule has 3 aromatic rings. The second-order valence-corrected chi connectivity index (χ2v) is 9.85. The van der Waals surface area contributed by atoms with Gasteiger partial charge in [0.15, 0.2) is 0 Å². The van der Waals surface area contributed by atoms with E-state index in [1.54, 1.807) is 12.1 Å². The average molecular weight is 490 g/mol. The fraction of sp³-hybridized carbons (Fsp3) is 0.355. The van der Waals surface area contributed by atoms with Gasteiger partial charge in [0.2, 0.25) is 0 Å². The van der Waals surface area contributed by atoms with Gasteiger partial charge in [0.1, 0.15) is 23.4 Å². The Morgan fingerprint density at radius 1 is 1.06 bits per heavy atom. The second kappa shape index (κ2) is 10.8. The van der Waals surface area contributed by atoms with E-state index in [9.17, 15) is 13.9 Å². The summed E-state index contributed by atoms with van der Waals surface area (Å²) >= 11 is 0. The number of likely N-dealkylation sites (tertiary alicyclic amines) is 1. The average Bonchev–Trinajstić information content (AvgIpc) is 3.20. The number of phenolic OH excluding ortho intramolecular Hbond substituents is 1. The molecule has 1 fully saturated rings. The molecule has 0 saturated carbocycles. The fourth-order valence-corrected chi connectivity index (χ4v) is 5.55. The molecular formula is C31H33F2NO2. The minimum absolute atomic E-state index is 0.137. The molecule has 0 radical (unpaired) electrons. The van der Waals surface area contributed by atoms with Crippen LogP contribution in [0.4, 0.5) is 8.78 Å². The summed E-state index contributed by atoms with van der Waals surface area (Å²) < 4.78 is 32.5. The highest BCUT2D eigenvalue weighted by Gasteiger charge is 2.24. The van der Waals surface area contributed by atoms with E-state index in [2.05, 4.69) is 23.1 Å². The van der Waals surface area contributed by atoms with E-state index in [0.717, 1.165) is 90.0 Å². The third-order valence-corrected chi connectivity index (χ3v) is 7.32. The molecule has 2 aliphatic rings. The molecule has 1 N–H and O–H groups in total. The van der Waals surface area contributed by atoms with Crippen LogP contribution >= 0.6 is 0 Å².